The number of carbonyl (C=O) groups is 3. The molecule has 0 aromatic heterocycles. The molecular formula is C15H26N2O4. The summed E-state index contributed by atoms with van der Waals surface area (Å²) in [6.07, 6.45) is 6.50. The lowest BCUT2D eigenvalue weighted by molar-refractivity contribution is -0.151. The Labute approximate surface area is 126 Å². The molecule has 6 nitrogen and oxygen atoms in total. The van der Waals surface area contributed by atoms with Crippen LogP contribution in [0.25, 0.3) is 0 Å². The smallest absolute Gasteiger partial charge is 0.338 e. The number of likely N-dealkylation sites (N-methyl/N-ethyl adjacent to an activating group) is 1. The van der Waals surface area contributed by atoms with Gasteiger partial charge < -0.3 is 9.64 Å². The second-order valence-electron chi connectivity index (χ2n) is 5.30. The molecule has 1 aliphatic rings. The van der Waals surface area contributed by atoms with E-state index in [-0.39, 0.29) is 6.61 Å². The first-order chi connectivity index (χ1) is 10.0. The van der Waals surface area contributed by atoms with Crippen LogP contribution in [0.3, 0.4) is 0 Å². The number of ether oxygens (including phenoxy) is 1. The van der Waals surface area contributed by atoms with E-state index in [0.717, 1.165) is 24.2 Å². The molecule has 0 aromatic carbocycles. The van der Waals surface area contributed by atoms with Crippen molar-refractivity contribution in [1.82, 2.24) is 9.80 Å². The first-order valence-corrected chi connectivity index (χ1v) is 7.79. The summed E-state index contributed by atoms with van der Waals surface area (Å²) in [7, 11) is 1.40. The molecule has 0 spiro atoms. The van der Waals surface area contributed by atoms with Gasteiger partial charge in [0, 0.05) is 13.6 Å². The molecule has 21 heavy (non-hydrogen) atoms. The Morgan fingerprint density at radius 3 is 2.33 bits per heavy atom. The summed E-state index contributed by atoms with van der Waals surface area (Å²) in [6.45, 7) is 4.46. The van der Waals surface area contributed by atoms with E-state index >= 15 is 0 Å². The number of amides is 3. The van der Waals surface area contributed by atoms with Crippen molar-refractivity contribution in [1.29, 1.82) is 0 Å². The number of unbranched alkanes of at least 4 members (excludes halogenated alkanes) is 5. The Kier molecular flexibility index (Phi) is 7.19. The van der Waals surface area contributed by atoms with Crippen molar-refractivity contribution in [3.8, 4) is 0 Å². The minimum Gasteiger partial charge on any atom is -0.464 e. The minimum absolute atomic E-state index is 0.200. The van der Waals surface area contributed by atoms with Gasteiger partial charge in [-0.3, -0.25) is 9.69 Å². The molecule has 0 saturated carbocycles. The lowest BCUT2D eigenvalue weighted by Crippen LogP contribution is -2.42. The zero-order valence-electron chi connectivity index (χ0n) is 13.3. The van der Waals surface area contributed by atoms with Crippen LogP contribution in [-0.2, 0) is 14.3 Å². The number of nitrogens with zero attached hydrogens (tertiary/aromatic N) is 2. The standard InChI is InChI=1S/C15H26N2O4/c1-4-6-7-8-9-10-11-17-12(14(19)21-5-2)13(18)16(3)15(17)20/h12H,4-11H2,1-3H3. The van der Waals surface area contributed by atoms with Crippen LogP contribution in [0.1, 0.15) is 52.4 Å². The van der Waals surface area contributed by atoms with Crippen LogP contribution in [-0.4, -0.2) is 53.9 Å². The molecule has 1 aliphatic heterocycles. The number of hydrogen-bond donors (Lipinski definition) is 0. The highest BCUT2D eigenvalue weighted by molar-refractivity contribution is 6.14. The number of esters is 1. The van der Waals surface area contributed by atoms with Crippen LogP contribution in [0.15, 0.2) is 0 Å². The summed E-state index contributed by atoms with van der Waals surface area (Å²) in [5.41, 5.74) is 0. The number of rotatable bonds is 9. The van der Waals surface area contributed by atoms with Crippen LogP contribution in [0.4, 0.5) is 4.79 Å². The highest BCUT2D eigenvalue weighted by atomic mass is 16.5. The van der Waals surface area contributed by atoms with Gasteiger partial charge in [-0.15, -0.1) is 0 Å². The molecule has 0 aromatic rings. The lowest BCUT2D eigenvalue weighted by atomic mass is 10.1. The van der Waals surface area contributed by atoms with Crippen LogP contribution in [0.2, 0.25) is 0 Å². The number of hydrogen-bond acceptors (Lipinski definition) is 4. The molecule has 1 heterocycles. The summed E-state index contributed by atoms with van der Waals surface area (Å²) in [5, 5.41) is 0. The van der Waals surface area contributed by atoms with Gasteiger partial charge >= 0.3 is 12.0 Å². The highest BCUT2D eigenvalue weighted by Gasteiger charge is 2.47. The van der Waals surface area contributed by atoms with Gasteiger partial charge in [0.1, 0.15) is 0 Å². The van der Waals surface area contributed by atoms with E-state index in [1.54, 1.807) is 6.92 Å². The summed E-state index contributed by atoms with van der Waals surface area (Å²) < 4.78 is 4.90. The predicted molar refractivity (Wildman–Crippen MR) is 78.7 cm³/mol. The number of imide groups is 1. The molecule has 1 fully saturated rings. The zero-order chi connectivity index (χ0) is 15.8. The molecule has 1 unspecified atom stereocenters. The molecule has 0 radical (unpaired) electrons. The number of carbonyl (C=O) groups excluding carboxylic acids is 3. The molecule has 6 heteroatoms. The maximum atomic E-state index is 12.0. The first-order valence-electron chi connectivity index (χ1n) is 7.79. The summed E-state index contributed by atoms with van der Waals surface area (Å²) >= 11 is 0. The largest absolute Gasteiger partial charge is 0.464 e. The fourth-order valence-corrected chi connectivity index (χ4v) is 2.45. The van der Waals surface area contributed by atoms with Gasteiger partial charge in [0.05, 0.1) is 6.61 Å². The second-order valence-corrected chi connectivity index (χ2v) is 5.30. The van der Waals surface area contributed by atoms with Crippen molar-refractivity contribution < 1.29 is 19.1 Å². The molecule has 120 valence electrons. The van der Waals surface area contributed by atoms with Crippen LogP contribution >= 0.6 is 0 Å². The van der Waals surface area contributed by atoms with Crippen LogP contribution < -0.4 is 0 Å². The molecular weight excluding hydrogens is 272 g/mol. The minimum atomic E-state index is -1.10. The third kappa shape index (κ3) is 4.44. The quantitative estimate of drug-likeness (QED) is 0.283. The average Bonchev–Trinajstić information content (AvgIpc) is 2.67. The Morgan fingerprint density at radius 1 is 1.10 bits per heavy atom. The zero-order valence-corrected chi connectivity index (χ0v) is 13.3. The van der Waals surface area contributed by atoms with Gasteiger partial charge in [0.25, 0.3) is 5.91 Å². The van der Waals surface area contributed by atoms with Crippen molar-refractivity contribution in [2.75, 3.05) is 20.2 Å². The van der Waals surface area contributed by atoms with Crippen molar-refractivity contribution in [2.24, 2.45) is 0 Å². The molecule has 3 amide bonds. The van der Waals surface area contributed by atoms with Crippen molar-refractivity contribution in [2.45, 2.75) is 58.4 Å². The van der Waals surface area contributed by atoms with Gasteiger partial charge in [0.2, 0.25) is 6.04 Å². The van der Waals surface area contributed by atoms with E-state index in [0.29, 0.717) is 6.54 Å². The van der Waals surface area contributed by atoms with Crippen LogP contribution in [0.5, 0.6) is 0 Å². The molecule has 0 N–H and O–H groups in total. The van der Waals surface area contributed by atoms with Gasteiger partial charge in [0.15, 0.2) is 0 Å². The summed E-state index contributed by atoms with van der Waals surface area (Å²) in [4.78, 5) is 38.2. The van der Waals surface area contributed by atoms with E-state index in [1.807, 2.05) is 0 Å². The molecule has 0 bridgehead atoms. The van der Waals surface area contributed by atoms with E-state index in [9.17, 15) is 14.4 Å². The van der Waals surface area contributed by atoms with Crippen molar-refractivity contribution in [3.63, 3.8) is 0 Å². The monoisotopic (exact) mass is 298 g/mol. The SMILES string of the molecule is CCCCCCCCN1C(=O)N(C)C(=O)C1C(=O)OCC. The van der Waals surface area contributed by atoms with E-state index in [1.165, 1.54) is 31.2 Å². The molecule has 1 rings (SSSR count). The van der Waals surface area contributed by atoms with Gasteiger partial charge in [-0.1, -0.05) is 39.0 Å². The van der Waals surface area contributed by atoms with Crippen LogP contribution in [0, 0.1) is 0 Å². The summed E-state index contributed by atoms with van der Waals surface area (Å²) in [5.74, 6) is -1.13. The maximum Gasteiger partial charge on any atom is 0.338 e. The average molecular weight is 298 g/mol. The highest BCUT2D eigenvalue weighted by Crippen LogP contribution is 2.19. The van der Waals surface area contributed by atoms with Crippen molar-refractivity contribution >= 4 is 17.9 Å². The molecule has 0 aliphatic carbocycles. The Bertz CT molecular complexity index is 384. The molecule has 1 atom stereocenters. The normalized spacial score (nSPS) is 18.5. The molecule has 1 saturated heterocycles. The van der Waals surface area contributed by atoms with Gasteiger partial charge in [-0.05, 0) is 13.3 Å². The predicted octanol–water partition coefficient (Wildman–Crippen LogP) is 2.17. The lowest BCUT2D eigenvalue weighted by Gasteiger charge is -2.20. The van der Waals surface area contributed by atoms with E-state index in [2.05, 4.69) is 6.92 Å². The second kappa shape index (κ2) is 8.64. The van der Waals surface area contributed by atoms with Gasteiger partial charge in [-0.25, -0.2) is 9.59 Å². The fourth-order valence-electron chi connectivity index (χ4n) is 2.45. The van der Waals surface area contributed by atoms with E-state index < -0.39 is 23.9 Å². The Morgan fingerprint density at radius 2 is 1.71 bits per heavy atom. The maximum absolute atomic E-state index is 12.0. The topological polar surface area (TPSA) is 66.9 Å². The van der Waals surface area contributed by atoms with E-state index in [4.69, 9.17) is 4.74 Å². The Hall–Kier alpha value is -1.59. The number of urea groups is 1. The van der Waals surface area contributed by atoms with Crippen molar-refractivity contribution in [3.05, 3.63) is 0 Å². The van der Waals surface area contributed by atoms with Gasteiger partial charge in [-0.2, -0.15) is 0 Å². The first kappa shape index (κ1) is 17.5. The Balaban J connectivity index is 2.53. The third-order valence-electron chi connectivity index (χ3n) is 3.67. The fraction of sp³-hybridized carbons (Fsp3) is 0.800. The third-order valence-corrected chi connectivity index (χ3v) is 3.67. The summed E-state index contributed by atoms with van der Waals surface area (Å²) in [6, 6.07) is -1.51.